The number of nitrogens with one attached hydrogen (secondary N) is 1. The van der Waals surface area contributed by atoms with Crippen LogP contribution >= 0.6 is 7.75 Å². The third-order valence-electron chi connectivity index (χ3n) is 4.82. The summed E-state index contributed by atoms with van der Waals surface area (Å²) < 4.78 is 29.7. The van der Waals surface area contributed by atoms with E-state index in [-0.39, 0.29) is 24.4 Å². The summed E-state index contributed by atoms with van der Waals surface area (Å²) in [6.07, 6.45) is 0.565. The van der Waals surface area contributed by atoms with E-state index in [0.717, 1.165) is 19.5 Å². The molecule has 1 aromatic carbocycles. The molecule has 2 fully saturated rings. The molecule has 28 heavy (non-hydrogen) atoms. The Hall–Kier alpha value is -1.73. The Balaban J connectivity index is 1.69. The number of carbonyl (C=O) groups excluding carboxylic acids is 2. The van der Waals surface area contributed by atoms with Crippen LogP contribution in [-0.4, -0.2) is 54.5 Å². The van der Waals surface area contributed by atoms with Crippen LogP contribution in [0, 0.1) is 5.92 Å². The normalized spacial score (nSPS) is 26.9. The van der Waals surface area contributed by atoms with Gasteiger partial charge in [0.05, 0.1) is 18.8 Å². The molecule has 3 rings (SSSR count). The lowest BCUT2D eigenvalue weighted by Gasteiger charge is -2.27. The van der Waals surface area contributed by atoms with Gasteiger partial charge in [-0.2, -0.15) is 5.09 Å². The Morgan fingerprint density at radius 3 is 2.61 bits per heavy atom. The molecule has 0 radical (unpaired) electrons. The lowest BCUT2D eigenvalue weighted by Crippen LogP contribution is -2.41. The minimum Gasteiger partial charge on any atom is -0.462 e. The number of hydrogen-bond donors (Lipinski definition) is 1. The molecule has 5 atom stereocenters. The van der Waals surface area contributed by atoms with Crippen LogP contribution in [0.1, 0.15) is 27.2 Å². The lowest BCUT2D eigenvalue weighted by molar-refractivity contribution is -0.149. The van der Waals surface area contributed by atoms with Gasteiger partial charge >= 0.3 is 13.7 Å². The number of rotatable bonds is 9. The molecule has 2 heterocycles. The van der Waals surface area contributed by atoms with Gasteiger partial charge < -0.3 is 9.26 Å². The van der Waals surface area contributed by atoms with Crippen molar-refractivity contribution in [1.82, 2.24) is 9.99 Å². The lowest BCUT2D eigenvalue weighted by atomic mass is 9.99. The summed E-state index contributed by atoms with van der Waals surface area (Å²) in [7, 11) is -3.93. The number of ketones is 1. The van der Waals surface area contributed by atoms with E-state index in [9.17, 15) is 14.2 Å². The molecule has 0 aromatic heterocycles. The van der Waals surface area contributed by atoms with Crippen molar-refractivity contribution >= 4 is 19.5 Å². The maximum atomic E-state index is 13.4. The number of ether oxygens (including phenoxy) is 1. The smallest absolute Gasteiger partial charge is 0.459 e. The first kappa shape index (κ1) is 21.0. The molecule has 2 aliphatic rings. The minimum atomic E-state index is -3.93. The van der Waals surface area contributed by atoms with Gasteiger partial charge in [0.1, 0.15) is 11.8 Å². The standard InChI is InChI=1S/C19H27N2O6P/c1-13(2)26-19(23)14(3)20-28(24,27-16-7-5-4-6-8-16)25-12-17-18(22)15-9-10-21(17)11-15/h4-8,13-15,17H,9-12H2,1-3H3,(H,20,24)/t14-,15?,17+,28?/m0/s1. The summed E-state index contributed by atoms with van der Waals surface area (Å²) in [6.45, 7) is 6.49. The van der Waals surface area contributed by atoms with E-state index in [4.69, 9.17) is 13.8 Å². The molecule has 2 saturated heterocycles. The quantitative estimate of drug-likeness (QED) is 0.490. The molecule has 1 N–H and O–H groups in total. The molecule has 3 unspecified atom stereocenters. The van der Waals surface area contributed by atoms with E-state index in [1.807, 2.05) is 4.90 Å². The first-order valence-electron chi connectivity index (χ1n) is 9.53. The van der Waals surface area contributed by atoms with Crippen molar-refractivity contribution in [1.29, 1.82) is 0 Å². The van der Waals surface area contributed by atoms with Gasteiger partial charge in [0.2, 0.25) is 0 Å². The third kappa shape index (κ3) is 5.00. The molecule has 0 spiro atoms. The maximum Gasteiger partial charge on any atom is 0.459 e. The van der Waals surface area contributed by atoms with Crippen molar-refractivity contribution in [3.63, 3.8) is 0 Å². The monoisotopic (exact) mass is 410 g/mol. The van der Waals surface area contributed by atoms with E-state index < -0.39 is 25.8 Å². The zero-order chi connectivity index (χ0) is 20.3. The van der Waals surface area contributed by atoms with Gasteiger partial charge in [0.25, 0.3) is 0 Å². The second-order valence-corrected chi connectivity index (χ2v) is 9.13. The number of benzene rings is 1. The number of esters is 1. The van der Waals surface area contributed by atoms with Crippen LogP contribution in [-0.2, 0) is 23.4 Å². The van der Waals surface area contributed by atoms with Crippen molar-refractivity contribution in [3.05, 3.63) is 30.3 Å². The zero-order valence-electron chi connectivity index (χ0n) is 16.4. The zero-order valence-corrected chi connectivity index (χ0v) is 17.3. The van der Waals surface area contributed by atoms with Crippen LogP contribution in [0.4, 0.5) is 0 Å². The first-order valence-corrected chi connectivity index (χ1v) is 11.1. The number of fused-ring (bicyclic) bond motifs is 2. The van der Waals surface area contributed by atoms with Crippen molar-refractivity contribution in [2.75, 3.05) is 19.7 Å². The number of carbonyl (C=O) groups is 2. The average Bonchev–Trinajstić information content (AvgIpc) is 3.22. The predicted octanol–water partition coefficient (Wildman–Crippen LogP) is 2.39. The molecule has 8 nitrogen and oxygen atoms in total. The van der Waals surface area contributed by atoms with Crippen molar-refractivity contribution in [2.24, 2.45) is 5.92 Å². The predicted molar refractivity (Wildman–Crippen MR) is 103 cm³/mol. The fourth-order valence-corrected chi connectivity index (χ4v) is 4.94. The van der Waals surface area contributed by atoms with E-state index in [1.54, 1.807) is 44.2 Å². The molecule has 0 aliphatic carbocycles. The van der Waals surface area contributed by atoms with Gasteiger partial charge in [0, 0.05) is 12.5 Å². The second-order valence-electron chi connectivity index (χ2n) is 7.43. The Labute approximate surface area is 165 Å². The van der Waals surface area contributed by atoms with E-state index in [2.05, 4.69) is 5.09 Å². The second kappa shape index (κ2) is 8.74. The first-order chi connectivity index (χ1) is 13.3. The fourth-order valence-electron chi connectivity index (χ4n) is 3.45. The van der Waals surface area contributed by atoms with Gasteiger partial charge in [-0.05, 0) is 45.9 Å². The summed E-state index contributed by atoms with van der Waals surface area (Å²) in [5, 5.41) is 2.64. The van der Waals surface area contributed by atoms with Crippen LogP contribution in [0.3, 0.4) is 0 Å². The Kier molecular flexibility index (Phi) is 6.55. The van der Waals surface area contributed by atoms with E-state index >= 15 is 0 Å². The number of nitrogens with zero attached hydrogens (tertiary/aromatic N) is 1. The Bertz CT molecular complexity index is 756. The van der Waals surface area contributed by atoms with Crippen molar-refractivity contribution in [3.8, 4) is 5.75 Å². The number of para-hydroxylation sites is 1. The molecular formula is C19H27N2O6P. The molecule has 9 heteroatoms. The average molecular weight is 410 g/mol. The fraction of sp³-hybridized carbons (Fsp3) is 0.579. The molecule has 1 aromatic rings. The van der Waals surface area contributed by atoms with Crippen LogP contribution in [0.25, 0.3) is 0 Å². The van der Waals surface area contributed by atoms with Crippen molar-refractivity contribution in [2.45, 2.75) is 45.4 Å². The summed E-state index contributed by atoms with van der Waals surface area (Å²) >= 11 is 0. The summed E-state index contributed by atoms with van der Waals surface area (Å²) in [5.41, 5.74) is 0. The summed E-state index contributed by atoms with van der Waals surface area (Å²) in [4.78, 5) is 26.5. The molecule has 0 amide bonds. The summed E-state index contributed by atoms with van der Waals surface area (Å²) in [5.74, 6) is -0.0710. The highest BCUT2D eigenvalue weighted by atomic mass is 31.2. The highest BCUT2D eigenvalue weighted by Crippen LogP contribution is 2.46. The molecule has 0 saturated carbocycles. The van der Waals surface area contributed by atoms with E-state index in [0.29, 0.717) is 5.75 Å². The molecular weight excluding hydrogens is 383 g/mol. The highest BCUT2D eigenvalue weighted by Gasteiger charge is 2.46. The Morgan fingerprint density at radius 2 is 2.00 bits per heavy atom. The number of hydrogen-bond acceptors (Lipinski definition) is 7. The van der Waals surface area contributed by atoms with Gasteiger partial charge in [-0.15, -0.1) is 0 Å². The van der Waals surface area contributed by atoms with Gasteiger partial charge in [-0.3, -0.25) is 19.0 Å². The highest BCUT2D eigenvalue weighted by molar-refractivity contribution is 7.52. The largest absolute Gasteiger partial charge is 0.462 e. The van der Waals surface area contributed by atoms with Crippen molar-refractivity contribution < 1.29 is 27.9 Å². The van der Waals surface area contributed by atoms with Crippen LogP contribution in [0.15, 0.2) is 30.3 Å². The minimum absolute atomic E-state index is 0.0379. The number of piperidine rings is 1. The van der Waals surface area contributed by atoms with Crippen LogP contribution in [0.5, 0.6) is 5.75 Å². The van der Waals surface area contributed by atoms with Gasteiger partial charge in [-0.1, -0.05) is 18.2 Å². The Morgan fingerprint density at radius 1 is 1.29 bits per heavy atom. The maximum absolute atomic E-state index is 13.4. The van der Waals surface area contributed by atoms with E-state index in [1.165, 1.54) is 6.92 Å². The van der Waals surface area contributed by atoms with Crippen LogP contribution < -0.4 is 9.61 Å². The number of Topliss-reactive ketones (excluding diaryl/α,β-unsaturated/α-hetero) is 1. The summed E-state index contributed by atoms with van der Waals surface area (Å²) in [6, 6.07) is 7.22. The SMILES string of the molecule is CC(C)OC(=O)[C@H](C)NP(=O)(OC[C@@H]1C(=O)C2CCN1C2)Oc1ccccc1. The molecule has 154 valence electrons. The van der Waals surface area contributed by atoms with Crippen LogP contribution in [0.2, 0.25) is 0 Å². The van der Waals surface area contributed by atoms with Gasteiger partial charge in [-0.25, -0.2) is 4.57 Å². The topological polar surface area (TPSA) is 94.2 Å². The van der Waals surface area contributed by atoms with Gasteiger partial charge in [0.15, 0.2) is 5.78 Å². The molecule has 2 aliphatic heterocycles. The third-order valence-corrected chi connectivity index (χ3v) is 6.46. The molecule has 2 bridgehead atoms.